The van der Waals surface area contributed by atoms with E-state index in [0.717, 1.165) is 46.9 Å². The summed E-state index contributed by atoms with van der Waals surface area (Å²) in [5.74, 6) is -1.36. The quantitative estimate of drug-likeness (QED) is 0.479. The van der Waals surface area contributed by atoms with E-state index in [1.54, 1.807) is 17.9 Å². The van der Waals surface area contributed by atoms with Crippen LogP contribution in [0.4, 0.5) is 0 Å². The smallest absolute Gasteiger partial charge is 0.323 e. The number of hydrogen-bond acceptors (Lipinski definition) is 6. The highest BCUT2D eigenvalue weighted by Crippen LogP contribution is 2.31. The van der Waals surface area contributed by atoms with Gasteiger partial charge in [-0.3, -0.25) is 23.9 Å². The maximum absolute atomic E-state index is 12.8. The molecule has 0 spiro atoms. The van der Waals surface area contributed by atoms with Crippen LogP contribution in [-0.4, -0.2) is 37.3 Å². The number of nitrogens with zero attached hydrogens (tertiary/aromatic N) is 2. The minimum atomic E-state index is -1.12. The van der Waals surface area contributed by atoms with Gasteiger partial charge in [0.05, 0.1) is 4.53 Å². The Morgan fingerprint density at radius 3 is 2.48 bits per heavy atom. The number of thiazole rings is 1. The van der Waals surface area contributed by atoms with Crippen LogP contribution in [0.3, 0.4) is 0 Å². The van der Waals surface area contributed by atoms with E-state index in [0.29, 0.717) is 25.0 Å². The Morgan fingerprint density at radius 1 is 1.19 bits per heavy atom. The van der Waals surface area contributed by atoms with Crippen LogP contribution < -0.4 is 14.8 Å². The number of carbonyl (C=O) groups excluding carboxylic acids is 1. The largest absolute Gasteiger partial charge is 0.480 e. The van der Waals surface area contributed by atoms with Crippen LogP contribution >= 0.6 is 35.3 Å². The van der Waals surface area contributed by atoms with Crippen molar-refractivity contribution in [2.45, 2.75) is 58.9 Å². The number of hydrogen-bond donors (Lipinski definition) is 1. The predicted molar refractivity (Wildman–Crippen MR) is 114 cm³/mol. The van der Waals surface area contributed by atoms with Gasteiger partial charge in [0.1, 0.15) is 20.4 Å². The molecular formula is C18H24N2O4S3. The third-order valence-electron chi connectivity index (χ3n) is 4.24. The van der Waals surface area contributed by atoms with E-state index in [1.165, 1.54) is 19.3 Å². The molecule has 9 heteroatoms. The van der Waals surface area contributed by atoms with Crippen molar-refractivity contribution in [3.8, 4) is 0 Å². The lowest BCUT2D eigenvalue weighted by atomic mass is 10.1. The molecule has 1 aliphatic heterocycles. The molecule has 27 heavy (non-hydrogen) atoms. The molecule has 2 heterocycles. The number of aromatic nitrogens is 1. The summed E-state index contributed by atoms with van der Waals surface area (Å²) in [6, 6.07) is 0. The fourth-order valence-electron chi connectivity index (χ4n) is 2.83. The standard InChI is InChI=1S/C18H24N2O4S3/c1-3-5-6-7-8-9-10-19-16(24)14(27-18(19)25)17-20(11-13(21)22)15(23)12(4-2)26-17/h4H,3,5-11H2,1-2H3,(H,21,22)/b12-4-,17-14-. The third-order valence-corrected chi connectivity index (χ3v) is 7.06. The average Bonchev–Trinajstić information content (AvgIpc) is 3.08. The summed E-state index contributed by atoms with van der Waals surface area (Å²) < 4.78 is 2.42. The molecule has 148 valence electrons. The lowest BCUT2D eigenvalue weighted by molar-refractivity contribution is -0.137. The Kier molecular flexibility index (Phi) is 8.25. The number of thiocarbonyl (C=S) groups is 1. The Morgan fingerprint density at radius 2 is 1.85 bits per heavy atom. The van der Waals surface area contributed by atoms with Gasteiger partial charge in [0.15, 0.2) is 0 Å². The lowest BCUT2D eigenvalue weighted by Gasteiger charge is -2.13. The molecule has 0 radical (unpaired) electrons. The van der Waals surface area contributed by atoms with Gasteiger partial charge in [-0.05, 0) is 13.3 Å². The summed E-state index contributed by atoms with van der Waals surface area (Å²) in [7, 11) is 0. The van der Waals surface area contributed by atoms with E-state index in [9.17, 15) is 14.4 Å². The zero-order valence-electron chi connectivity index (χ0n) is 15.5. The zero-order valence-corrected chi connectivity index (χ0v) is 18.0. The molecule has 0 aromatic carbocycles. The first kappa shape index (κ1) is 21.8. The van der Waals surface area contributed by atoms with E-state index in [4.69, 9.17) is 17.3 Å². The molecule has 0 bridgehead atoms. The lowest BCUT2D eigenvalue weighted by Crippen LogP contribution is -2.35. The summed E-state index contributed by atoms with van der Waals surface area (Å²) in [6.07, 6.45) is 8.32. The predicted octanol–water partition coefficient (Wildman–Crippen LogP) is 2.12. The monoisotopic (exact) mass is 428 g/mol. The van der Waals surface area contributed by atoms with Crippen LogP contribution in [0.25, 0.3) is 11.0 Å². The first-order chi connectivity index (χ1) is 12.9. The second-order valence-electron chi connectivity index (χ2n) is 6.27. The molecule has 1 aliphatic rings. The van der Waals surface area contributed by atoms with Crippen molar-refractivity contribution in [2.24, 2.45) is 0 Å². The highest BCUT2D eigenvalue weighted by molar-refractivity contribution is 8.30. The number of thioether (sulfide) groups is 1. The van der Waals surface area contributed by atoms with Crippen LogP contribution in [0.15, 0.2) is 4.79 Å². The van der Waals surface area contributed by atoms with Gasteiger partial charge in [-0.15, -0.1) is 11.3 Å². The second kappa shape index (κ2) is 10.2. The summed E-state index contributed by atoms with van der Waals surface area (Å²) in [6.45, 7) is 3.97. The normalized spacial score (nSPS) is 17.3. The molecule has 1 fully saturated rings. The molecule has 1 amide bonds. The Labute approximate surface area is 171 Å². The molecule has 0 atom stereocenters. The van der Waals surface area contributed by atoms with E-state index in [-0.39, 0.29) is 11.5 Å². The Balaban J connectivity index is 2.25. The highest BCUT2D eigenvalue weighted by Gasteiger charge is 2.33. The summed E-state index contributed by atoms with van der Waals surface area (Å²) in [5.41, 5.74) is -0.388. The number of rotatable bonds is 9. The van der Waals surface area contributed by atoms with Gasteiger partial charge >= 0.3 is 5.97 Å². The summed E-state index contributed by atoms with van der Waals surface area (Å²) in [5, 5.41) is 9.11. The van der Waals surface area contributed by atoms with Crippen molar-refractivity contribution in [3.63, 3.8) is 0 Å². The SMILES string of the molecule is C/C=c1\s/c(=C2\SC(=S)N(CCCCCCCC)C2=O)n(CC(=O)O)c1=O. The number of aliphatic carboxylic acids is 1. The van der Waals surface area contributed by atoms with Crippen LogP contribution in [0, 0.1) is 0 Å². The first-order valence-electron chi connectivity index (χ1n) is 9.06. The molecule has 1 saturated heterocycles. The van der Waals surface area contributed by atoms with Crippen LogP contribution in [-0.2, 0) is 16.1 Å². The van der Waals surface area contributed by atoms with Gasteiger partial charge in [0.25, 0.3) is 11.5 Å². The van der Waals surface area contributed by atoms with Gasteiger partial charge in [0, 0.05) is 6.54 Å². The second-order valence-corrected chi connectivity index (χ2v) is 8.94. The van der Waals surface area contributed by atoms with Gasteiger partial charge in [-0.1, -0.05) is 69.1 Å². The molecule has 0 aliphatic carbocycles. The number of amides is 1. The topological polar surface area (TPSA) is 79.6 Å². The Bertz CT molecular complexity index is 901. The number of carboxylic acid groups (broad SMARTS) is 1. The van der Waals surface area contributed by atoms with Crippen LogP contribution in [0.2, 0.25) is 0 Å². The van der Waals surface area contributed by atoms with Crippen molar-refractivity contribution in [1.82, 2.24) is 9.47 Å². The molecule has 0 unspecified atom stereocenters. The van der Waals surface area contributed by atoms with Gasteiger partial charge < -0.3 is 5.11 Å². The molecule has 1 N–H and O–H groups in total. The Hall–Kier alpha value is -1.45. The summed E-state index contributed by atoms with van der Waals surface area (Å²) >= 11 is 7.64. The molecule has 0 saturated carbocycles. The molecule has 1 aromatic rings. The molecule has 1 aromatic heterocycles. The fourth-order valence-corrected chi connectivity index (χ4v) is 5.32. The summed E-state index contributed by atoms with van der Waals surface area (Å²) in [4.78, 5) is 38.3. The molecular weight excluding hydrogens is 404 g/mol. The minimum absolute atomic E-state index is 0.235. The van der Waals surface area contributed by atoms with Crippen molar-refractivity contribution in [3.05, 3.63) is 19.5 Å². The van der Waals surface area contributed by atoms with Crippen molar-refractivity contribution in [2.75, 3.05) is 6.54 Å². The number of carboxylic acids is 1. The van der Waals surface area contributed by atoms with Crippen LogP contribution in [0.5, 0.6) is 0 Å². The average molecular weight is 429 g/mol. The fraction of sp³-hybridized carbons (Fsp3) is 0.556. The first-order valence-corrected chi connectivity index (χ1v) is 11.1. The maximum atomic E-state index is 12.8. The van der Waals surface area contributed by atoms with E-state index >= 15 is 0 Å². The molecule has 6 nitrogen and oxygen atoms in total. The third kappa shape index (κ3) is 5.30. The van der Waals surface area contributed by atoms with E-state index < -0.39 is 12.5 Å². The van der Waals surface area contributed by atoms with Crippen molar-refractivity contribution >= 4 is 62.5 Å². The minimum Gasteiger partial charge on any atom is -0.480 e. The van der Waals surface area contributed by atoms with Crippen molar-refractivity contribution < 1.29 is 14.7 Å². The zero-order chi connectivity index (χ0) is 20.0. The highest BCUT2D eigenvalue weighted by atomic mass is 32.2. The van der Waals surface area contributed by atoms with Gasteiger partial charge in [0.2, 0.25) is 0 Å². The van der Waals surface area contributed by atoms with Crippen LogP contribution in [0.1, 0.15) is 52.4 Å². The van der Waals surface area contributed by atoms with E-state index in [1.807, 2.05) is 0 Å². The number of unbranched alkanes of at least 4 members (excludes halogenated alkanes) is 5. The number of carbonyl (C=O) groups is 2. The van der Waals surface area contributed by atoms with Gasteiger partial charge in [-0.25, -0.2) is 0 Å². The van der Waals surface area contributed by atoms with E-state index in [2.05, 4.69) is 6.92 Å². The maximum Gasteiger partial charge on any atom is 0.323 e. The van der Waals surface area contributed by atoms with Gasteiger partial charge in [-0.2, -0.15) is 0 Å². The van der Waals surface area contributed by atoms with Crippen molar-refractivity contribution in [1.29, 1.82) is 0 Å². The molecule has 2 rings (SSSR count).